The third kappa shape index (κ3) is 3.16. The molecule has 1 aromatic rings. The van der Waals surface area contributed by atoms with Crippen molar-refractivity contribution in [2.24, 2.45) is 0 Å². The average Bonchev–Trinajstić information content (AvgIpc) is 3.07. The van der Waals surface area contributed by atoms with E-state index in [9.17, 15) is 0 Å². The van der Waals surface area contributed by atoms with Gasteiger partial charge in [-0.1, -0.05) is 50.4 Å². The van der Waals surface area contributed by atoms with Crippen molar-refractivity contribution in [2.45, 2.75) is 57.9 Å². The monoisotopic (exact) mass is 366 g/mol. The molecule has 0 bridgehead atoms. The predicted molar refractivity (Wildman–Crippen MR) is 116 cm³/mol. The van der Waals surface area contributed by atoms with E-state index in [2.05, 4.69) is 54.4 Å². The van der Waals surface area contributed by atoms with E-state index in [-0.39, 0.29) is 0 Å². The van der Waals surface area contributed by atoms with Crippen LogP contribution in [0.15, 0.2) is 30.4 Å². The molecule has 0 unspecified atom stereocenters. The number of nitrogens with zero attached hydrogens (tertiary/aromatic N) is 1. The number of rotatable bonds is 6. The standard InChI is InChI=1S/C23H30N2S/c1-3-11-25(12-4-2)17-13-16-15-24-21-10-9-18(20(14-17)23(16)21)19-7-5-6-8-22(19)26/h5-7,9-10,16-17,24H,3-4,8,11-15H2,1-2H3/t16-,17-/m1/s1. The first kappa shape index (κ1) is 17.9. The van der Waals surface area contributed by atoms with Crippen LogP contribution in [0.2, 0.25) is 0 Å². The maximum atomic E-state index is 5.71. The Morgan fingerprint density at radius 2 is 2.00 bits per heavy atom. The van der Waals surface area contributed by atoms with Crippen molar-refractivity contribution in [3.8, 4) is 0 Å². The SMILES string of the molecule is CCCN(CCC)[C@H]1Cc2c(C3=CC=CCC3=S)ccc3c2[C@@H](CN3)C1. The molecule has 3 heteroatoms. The van der Waals surface area contributed by atoms with E-state index in [1.807, 2.05) is 0 Å². The molecule has 1 heterocycles. The second kappa shape index (κ2) is 7.66. The molecule has 0 aromatic heterocycles. The van der Waals surface area contributed by atoms with Crippen molar-refractivity contribution in [1.29, 1.82) is 0 Å². The van der Waals surface area contributed by atoms with Crippen LogP contribution in [-0.4, -0.2) is 35.4 Å². The van der Waals surface area contributed by atoms with Gasteiger partial charge >= 0.3 is 0 Å². The Morgan fingerprint density at radius 1 is 1.19 bits per heavy atom. The third-order valence-electron chi connectivity index (χ3n) is 6.13. The van der Waals surface area contributed by atoms with Crippen molar-refractivity contribution < 1.29 is 0 Å². The van der Waals surface area contributed by atoms with Crippen molar-refractivity contribution in [2.75, 3.05) is 25.0 Å². The quantitative estimate of drug-likeness (QED) is 0.684. The van der Waals surface area contributed by atoms with Crippen LogP contribution in [0.3, 0.4) is 0 Å². The van der Waals surface area contributed by atoms with Crippen LogP contribution in [0, 0.1) is 0 Å². The molecule has 0 spiro atoms. The van der Waals surface area contributed by atoms with E-state index < -0.39 is 0 Å². The van der Waals surface area contributed by atoms with Crippen molar-refractivity contribution in [3.05, 3.63) is 47.1 Å². The number of hydrogen-bond acceptors (Lipinski definition) is 3. The highest BCUT2D eigenvalue weighted by Gasteiger charge is 2.36. The summed E-state index contributed by atoms with van der Waals surface area (Å²) in [4.78, 5) is 3.83. The van der Waals surface area contributed by atoms with Gasteiger partial charge in [-0.3, -0.25) is 0 Å². The van der Waals surface area contributed by atoms with E-state index in [0.29, 0.717) is 12.0 Å². The van der Waals surface area contributed by atoms with Gasteiger partial charge in [0, 0.05) is 35.5 Å². The van der Waals surface area contributed by atoms with Crippen LogP contribution >= 0.6 is 12.2 Å². The Hall–Kier alpha value is -1.45. The topological polar surface area (TPSA) is 15.3 Å². The summed E-state index contributed by atoms with van der Waals surface area (Å²) in [5.41, 5.74) is 7.19. The minimum atomic E-state index is 0.656. The van der Waals surface area contributed by atoms with E-state index in [1.54, 1.807) is 11.1 Å². The lowest BCUT2D eigenvalue weighted by Crippen LogP contribution is -2.41. The molecule has 26 heavy (non-hydrogen) atoms. The van der Waals surface area contributed by atoms with E-state index >= 15 is 0 Å². The number of allylic oxidation sites excluding steroid dienone is 4. The summed E-state index contributed by atoms with van der Waals surface area (Å²) in [5, 5.41) is 3.66. The third-order valence-corrected chi connectivity index (χ3v) is 6.52. The normalized spacial score (nSPS) is 23.8. The van der Waals surface area contributed by atoms with Crippen LogP contribution in [0.25, 0.3) is 5.57 Å². The van der Waals surface area contributed by atoms with Crippen LogP contribution in [0.1, 0.15) is 62.1 Å². The second-order valence-electron chi connectivity index (χ2n) is 7.90. The summed E-state index contributed by atoms with van der Waals surface area (Å²) in [6.45, 7) is 8.13. The lowest BCUT2D eigenvalue weighted by atomic mass is 9.76. The summed E-state index contributed by atoms with van der Waals surface area (Å²) in [7, 11) is 0. The summed E-state index contributed by atoms with van der Waals surface area (Å²) in [6, 6.07) is 5.26. The Balaban J connectivity index is 1.74. The van der Waals surface area contributed by atoms with Gasteiger partial charge in [-0.05, 0) is 67.1 Å². The maximum absolute atomic E-state index is 5.71. The summed E-state index contributed by atoms with van der Waals surface area (Å²) >= 11 is 5.71. The van der Waals surface area contributed by atoms with Crippen LogP contribution < -0.4 is 5.32 Å². The Labute approximate surface area is 163 Å². The molecule has 0 saturated heterocycles. The minimum absolute atomic E-state index is 0.656. The largest absolute Gasteiger partial charge is 0.384 e. The van der Waals surface area contributed by atoms with Crippen LogP contribution in [0.5, 0.6) is 0 Å². The highest BCUT2D eigenvalue weighted by Crippen LogP contribution is 2.45. The molecule has 1 N–H and O–H groups in total. The van der Waals surface area contributed by atoms with E-state index in [4.69, 9.17) is 12.2 Å². The Kier molecular flexibility index (Phi) is 5.28. The highest BCUT2D eigenvalue weighted by molar-refractivity contribution is 7.81. The molecular weight excluding hydrogens is 336 g/mol. The smallest absolute Gasteiger partial charge is 0.0379 e. The maximum Gasteiger partial charge on any atom is 0.0379 e. The minimum Gasteiger partial charge on any atom is -0.384 e. The molecule has 2 nitrogen and oxygen atoms in total. The van der Waals surface area contributed by atoms with E-state index in [0.717, 1.165) is 17.8 Å². The van der Waals surface area contributed by atoms with Gasteiger partial charge in [0.15, 0.2) is 0 Å². The molecule has 3 aliphatic rings. The van der Waals surface area contributed by atoms with Crippen molar-refractivity contribution in [1.82, 2.24) is 4.90 Å². The molecule has 0 saturated carbocycles. The number of hydrogen-bond donors (Lipinski definition) is 1. The average molecular weight is 367 g/mol. The van der Waals surface area contributed by atoms with Gasteiger partial charge in [0.25, 0.3) is 0 Å². The Morgan fingerprint density at radius 3 is 2.73 bits per heavy atom. The first-order chi connectivity index (χ1) is 12.7. The van der Waals surface area contributed by atoms with Gasteiger partial charge < -0.3 is 10.2 Å². The van der Waals surface area contributed by atoms with Gasteiger partial charge in [-0.2, -0.15) is 0 Å². The van der Waals surface area contributed by atoms with Gasteiger partial charge in [0.2, 0.25) is 0 Å². The molecule has 2 aliphatic carbocycles. The molecule has 138 valence electrons. The molecule has 0 fully saturated rings. The number of benzene rings is 1. The molecule has 2 atom stereocenters. The zero-order valence-corrected chi connectivity index (χ0v) is 16.9. The Bertz CT molecular complexity index is 756. The fourth-order valence-corrected chi connectivity index (χ4v) is 5.33. The van der Waals surface area contributed by atoms with E-state index in [1.165, 1.54) is 55.6 Å². The van der Waals surface area contributed by atoms with Gasteiger partial charge in [0.05, 0.1) is 0 Å². The summed E-state index contributed by atoms with van der Waals surface area (Å²) in [6.07, 6.45) is 12.4. The molecule has 1 aromatic carbocycles. The van der Waals surface area contributed by atoms with Crippen molar-refractivity contribution in [3.63, 3.8) is 0 Å². The molecule has 1 aliphatic heterocycles. The molecule has 0 amide bonds. The highest BCUT2D eigenvalue weighted by atomic mass is 32.1. The molecule has 4 rings (SSSR count). The fourth-order valence-electron chi connectivity index (χ4n) is 5.05. The zero-order valence-electron chi connectivity index (χ0n) is 16.1. The molecule has 0 radical (unpaired) electrons. The number of nitrogens with one attached hydrogen (secondary N) is 1. The predicted octanol–water partition coefficient (Wildman–Crippen LogP) is 5.35. The van der Waals surface area contributed by atoms with Gasteiger partial charge in [0.1, 0.15) is 0 Å². The zero-order chi connectivity index (χ0) is 18.1. The number of anilines is 1. The first-order valence-electron chi connectivity index (χ1n) is 10.3. The fraction of sp³-hybridized carbons (Fsp3) is 0.522. The molecular formula is C23H30N2S. The van der Waals surface area contributed by atoms with Crippen LogP contribution in [0.4, 0.5) is 5.69 Å². The lowest BCUT2D eigenvalue weighted by Gasteiger charge is -2.38. The summed E-state index contributed by atoms with van der Waals surface area (Å²) in [5.74, 6) is 0.656. The second-order valence-corrected chi connectivity index (χ2v) is 8.39. The van der Waals surface area contributed by atoms with Crippen LogP contribution in [-0.2, 0) is 6.42 Å². The summed E-state index contributed by atoms with van der Waals surface area (Å²) < 4.78 is 0. The lowest BCUT2D eigenvalue weighted by molar-refractivity contribution is 0.172. The van der Waals surface area contributed by atoms with Crippen molar-refractivity contribution >= 4 is 28.3 Å². The van der Waals surface area contributed by atoms with Gasteiger partial charge in [-0.25, -0.2) is 0 Å². The number of thiocarbonyl (C=S) groups is 1. The van der Waals surface area contributed by atoms with Gasteiger partial charge in [-0.15, -0.1) is 0 Å². The first-order valence-corrected chi connectivity index (χ1v) is 10.7.